The van der Waals surface area contributed by atoms with Crippen LogP contribution in [0.15, 0.2) is 36.4 Å². The number of piperazine rings is 1. The van der Waals surface area contributed by atoms with Crippen molar-refractivity contribution in [1.29, 1.82) is 0 Å². The molecule has 1 saturated heterocycles. The summed E-state index contributed by atoms with van der Waals surface area (Å²) in [5.74, 6) is -0.575. The van der Waals surface area contributed by atoms with Crippen molar-refractivity contribution in [3.8, 4) is 0 Å². The molecule has 1 fully saturated rings. The minimum atomic E-state index is -0.548. The van der Waals surface area contributed by atoms with Crippen molar-refractivity contribution >= 4 is 40.5 Å². The Kier molecular flexibility index (Phi) is 7.25. The van der Waals surface area contributed by atoms with E-state index in [0.29, 0.717) is 49.0 Å². The molecule has 0 bridgehead atoms. The molecule has 160 valence electrons. The van der Waals surface area contributed by atoms with Gasteiger partial charge in [0.1, 0.15) is 5.82 Å². The predicted octanol–water partition coefficient (Wildman–Crippen LogP) is 4.19. The van der Waals surface area contributed by atoms with Gasteiger partial charge in [0.05, 0.1) is 21.7 Å². The van der Waals surface area contributed by atoms with Gasteiger partial charge in [0.25, 0.3) is 5.69 Å². The molecule has 1 N–H and O–H groups in total. The summed E-state index contributed by atoms with van der Waals surface area (Å²) < 4.78 is 14.0. The van der Waals surface area contributed by atoms with E-state index in [0.717, 1.165) is 0 Å². The summed E-state index contributed by atoms with van der Waals surface area (Å²) in [6, 6.07) is 8.14. The Balaban J connectivity index is 1.55. The normalized spacial score (nSPS) is 16.3. The molecule has 1 heterocycles. The van der Waals surface area contributed by atoms with Crippen molar-refractivity contribution in [3.05, 3.63) is 67.9 Å². The van der Waals surface area contributed by atoms with Gasteiger partial charge in [-0.1, -0.05) is 29.3 Å². The van der Waals surface area contributed by atoms with E-state index in [1.807, 2.05) is 4.90 Å². The van der Waals surface area contributed by atoms with Crippen LogP contribution in [0.1, 0.15) is 12.5 Å². The summed E-state index contributed by atoms with van der Waals surface area (Å²) in [6.45, 7) is 4.81. The molecule has 2 aromatic rings. The second-order valence-corrected chi connectivity index (χ2v) is 7.91. The van der Waals surface area contributed by atoms with Gasteiger partial charge in [0.2, 0.25) is 5.91 Å². The van der Waals surface area contributed by atoms with Gasteiger partial charge in [-0.2, -0.15) is 0 Å². The van der Waals surface area contributed by atoms with Crippen LogP contribution < -0.4 is 5.32 Å². The maximum absolute atomic E-state index is 14.0. The number of nitrogens with one attached hydrogen (secondary N) is 1. The summed E-state index contributed by atoms with van der Waals surface area (Å²) in [6.07, 6.45) is 0. The minimum absolute atomic E-state index is 0.108. The van der Waals surface area contributed by atoms with Crippen molar-refractivity contribution in [2.45, 2.75) is 19.5 Å². The molecule has 1 unspecified atom stereocenters. The average molecular weight is 455 g/mol. The van der Waals surface area contributed by atoms with Crippen LogP contribution in [-0.4, -0.2) is 52.9 Å². The largest absolute Gasteiger partial charge is 0.323 e. The van der Waals surface area contributed by atoms with E-state index in [4.69, 9.17) is 23.2 Å². The fourth-order valence-electron chi connectivity index (χ4n) is 3.34. The highest BCUT2D eigenvalue weighted by molar-refractivity contribution is 6.34. The number of non-ortho nitro benzene ring substituents is 1. The Labute approximate surface area is 183 Å². The molecule has 7 nitrogen and oxygen atoms in total. The maximum Gasteiger partial charge on any atom is 0.271 e. The fraction of sp³-hybridized carbons (Fsp3) is 0.350. The molecule has 2 aromatic carbocycles. The third-order valence-electron chi connectivity index (χ3n) is 5.20. The highest BCUT2D eigenvalue weighted by atomic mass is 35.5. The number of nitro benzene ring substituents is 1. The lowest BCUT2D eigenvalue weighted by Crippen LogP contribution is -2.52. The monoisotopic (exact) mass is 454 g/mol. The molecule has 10 heteroatoms. The number of halogens is 3. The predicted molar refractivity (Wildman–Crippen MR) is 114 cm³/mol. The van der Waals surface area contributed by atoms with Gasteiger partial charge >= 0.3 is 0 Å². The first-order valence-electron chi connectivity index (χ1n) is 9.40. The van der Waals surface area contributed by atoms with Gasteiger partial charge in [0, 0.05) is 55.4 Å². The lowest BCUT2D eigenvalue weighted by atomic mass is 10.1. The molecule has 0 aromatic heterocycles. The van der Waals surface area contributed by atoms with E-state index in [1.165, 1.54) is 24.3 Å². The van der Waals surface area contributed by atoms with Crippen molar-refractivity contribution in [2.75, 3.05) is 31.5 Å². The summed E-state index contributed by atoms with van der Waals surface area (Å²) >= 11 is 12.2. The number of nitrogens with zero attached hydrogens (tertiary/aromatic N) is 3. The number of anilines is 1. The van der Waals surface area contributed by atoms with E-state index in [1.54, 1.807) is 19.1 Å². The third kappa shape index (κ3) is 5.26. The third-order valence-corrected chi connectivity index (χ3v) is 5.87. The number of nitro groups is 1. The molecule has 3 rings (SSSR count). The van der Waals surface area contributed by atoms with Gasteiger partial charge in [0.15, 0.2) is 0 Å². The Morgan fingerprint density at radius 3 is 2.50 bits per heavy atom. The zero-order chi connectivity index (χ0) is 21.8. The number of carbonyl (C=O) groups is 1. The van der Waals surface area contributed by atoms with Gasteiger partial charge in [-0.05, 0) is 25.1 Å². The summed E-state index contributed by atoms with van der Waals surface area (Å²) in [7, 11) is 0. The lowest BCUT2D eigenvalue weighted by molar-refractivity contribution is -0.384. The number of rotatable bonds is 6. The quantitative estimate of drug-likeness (QED) is 0.522. The first kappa shape index (κ1) is 22.4. The summed E-state index contributed by atoms with van der Waals surface area (Å²) in [5.41, 5.74) is 0.662. The SMILES string of the molecule is CC(C(=O)Nc1ccc([N+](=O)[O-])cc1Cl)N1CCN(Cc2c(F)cccc2Cl)CC1. The molecule has 0 saturated carbocycles. The number of hydrogen-bond donors (Lipinski definition) is 1. The second-order valence-electron chi connectivity index (χ2n) is 7.10. The van der Waals surface area contributed by atoms with Crippen LogP contribution in [-0.2, 0) is 11.3 Å². The standard InChI is InChI=1S/C20H21Cl2FN4O3/c1-13(20(28)24-19-6-5-14(27(29)30)11-17(19)22)26-9-7-25(8-10-26)12-15-16(21)3-2-4-18(15)23/h2-6,11,13H,7-10,12H2,1H3,(H,24,28). The minimum Gasteiger partial charge on any atom is -0.323 e. The Morgan fingerprint density at radius 2 is 1.90 bits per heavy atom. The molecular formula is C20H21Cl2FN4O3. The van der Waals surface area contributed by atoms with Gasteiger partial charge < -0.3 is 5.32 Å². The topological polar surface area (TPSA) is 78.7 Å². The molecule has 0 aliphatic carbocycles. The smallest absolute Gasteiger partial charge is 0.271 e. The van der Waals surface area contributed by atoms with E-state index in [-0.39, 0.29) is 22.4 Å². The van der Waals surface area contributed by atoms with Crippen LogP contribution in [0.2, 0.25) is 10.0 Å². The van der Waals surface area contributed by atoms with E-state index < -0.39 is 11.0 Å². The number of benzene rings is 2. The average Bonchev–Trinajstić information content (AvgIpc) is 2.72. The first-order chi connectivity index (χ1) is 14.3. The Morgan fingerprint density at radius 1 is 1.20 bits per heavy atom. The van der Waals surface area contributed by atoms with Crippen molar-refractivity contribution < 1.29 is 14.1 Å². The Bertz CT molecular complexity index is 931. The van der Waals surface area contributed by atoms with E-state index >= 15 is 0 Å². The summed E-state index contributed by atoms with van der Waals surface area (Å²) in [4.78, 5) is 27.0. The molecule has 0 spiro atoms. The lowest BCUT2D eigenvalue weighted by Gasteiger charge is -2.37. The Hall–Kier alpha value is -2.26. The maximum atomic E-state index is 14.0. The van der Waals surface area contributed by atoms with Gasteiger partial charge in [-0.25, -0.2) is 4.39 Å². The van der Waals surface area contributed by atoms with Crippen molar-refractivity contribution in [2.24, 2.45) is 0 Å². The molecule has 1 aliphatic rings. The highest BCUT2D eigenvalue weighted by Gasteiger charge is 2.27. The molecule has 1 amide bonds. The number of carbonyl (C=O) groups excluding carboxylic acids is 1. The number of hydrogen-bond acceptors (Lipinski definition) is 5. The van der Waals surface area contributed by atoms with Gasteiger partial charge in [-0.3, -0.25) is 24.7 Å². The van der Waals surface area contributed by atoms with Crippen LogP contribution in [0.5, 0.6) is 0 Å². The first-order valence-corrected chi connectivity index (χ1v) is 10.2. The molecule has 1 atom stereocenters. The summed E-state index contributed by atoms with van der Waals surface area (Å²) in [5, 5.41) is 14.0. The molecular weight excluding hydrogens is 434 g/mol. The van der Waals surface area contributed by atoms with E-state index in [9.17, 15) is 19.3 Å². The molecule has 1 aliphatic heterocycles. The van der Waals surface area contributed by atoms with E-state index in [2.05, 4.69) is 10.2 Å². The zero-order valence-electron chi connectivity index (χ0n) is 16.3. The van der Waals surface area contributed by atoms with Crippen molar-refractivity contribution in [3.63, 3.8) is 0 Å². The highest BCUT2D eigenvalue weighted by Crippen LogP contribution is 2.27. The van der Waals surface area contributed by atoms with Crippen LogP contribution in [0, 0.1) is 15.9 Å². The second kappa shape index (κ2) is 9.70. The molecule has 0 radical (unpaired) electrons. The zero-order valence-corrected chi connectivity index (χ0v) is 17.8. The fourth-order valence-corrected chi connectivity index (χ4v) is 3.78. The molecule has 30 heavy (non-hydrogen) atoms. The van der Waals surface area contributed by atoms with Gasteiger partial charge in [-0.15, -0.1) is 0 Å². The van der Waals surface area contributed by atoms with Crippen LogP contribution in [0.3, 0.4) is 0 Å². The van der Waals surface area contributed by atoms with Crippen LogP contribution in [0.25, 0.3) is 0 Å². The number of amides is 1. The van der Waals surface area contributed by atoms with Crippen LogP contribution in [0.4, 0.5) is 15.8 Å². The van der Waals surface area contributed by atoms with Crippen LogP contribution >= 0.6 is 23.2 Å². The van der Waals surface area contributed by atoms with Crippen molar-refractivity contribution in [1.82, 2.24) is 9.80 Å².